The van der Waals surface area contributed by atoms with Gasteiger partial charge < -0.3 is 5.11 Å². The Kier molecular flexibility index (Phi) is 3.65. The molecule has 0 saturated carbocycles. The molecule has 0 aliphatic carbocycles. The van der Waals surface area contributed by atoms with E-state index in [0.717, 1.165) is 0 Å². The highest BCUT2D eigenvalue weighted by molar-refractivity contribution is 7.87. The Balaban J connectivity index is 2.86. The predicted molar refractivity (Wildman–Crippen MR) is 74.7 cm³/mol. The van der Waals surface area contributed by atoms with Crippen molar-refractivity contribution in [3.05, 3.63) is 47.8 Å². The SMILES string of the molecule is CCc1cn(S(N)(=O)=O)c(C(=O)O)c1-c1ccccc1. The molecule has 0 aliphatic rings. The van der Waals surface area contributed by atoms with Gasteiger partial charge in [0.05, 0.1) is 0 Å². The van der Waals surface area contributed by atoms with Crippen LogP contribution in [0, 0.1) is 0 Å². The lowest BCUT2D eigenvalue weighted by Gasteiger charge is -2.06. The molecule has 1 aromatic heterocycles. The first-order valence-electron chi connectivity index (χ1n) is 5.92. The molecule has 0 bridgehead atoms. The van der Waals surface area contributed by atoms with E-state index < -0.39 is 16.2 Å². The number of carboxylic acids is 1. The van der Waals surface area contributed by atoms with Crippen LogP contribution < -0.4 is 5.14 Å². The summed E-state index contributed by atoms with van der Waals surface area (Å²) in [5.74, 6) is -1.34. The summed E-state index contributed by atoms with van der Waals surface area (Å²) in [5.41, 5.74) is 1.30. The van der Waals surface area contributed by atoms with Gasteiger partial charge in [0.2, 0.25) is 0 Å². The molecule has 0 aliphatic heterocycles. The van der Waals surface area contributed by atoms with Crippen LogP contribution in [0.3, 0.4) is 0 Å². The molecule has 0 fully saturated rings. The van der Waals surface area contributed by atoms with Crippen molar-refractivity contribution in [3.8, 4) is 11.1 Å². The van der Waals surface area contributed by atoms with Crippen molar-refractivity contribution in [2.45, 2.75) is 13.3 Å². The maximum Gasteiger partial charge on any atom is 0.354 e. The molecule has 2 aromatic rings. The summed E-state index contributed by atoms with van der Waals surface area (Å²) in [6.45, 7) is 1.82. The first-order chi connectivity index (χ1) is 9.36. The summed E-state index contributed by atoms with van der Waals surface area (Å²) < 4.78 is 23.7. The molecule has 0 unspecified atom stereocenters. The van der Waals surface area contributed by atoms with Crippen LogP contribution >= 0.6 is 0 Å². The summed E-state index contributed by atoms with van der Waals surface area (Å²) in [6, 6.07) is 8.78. The number of carboxylic acid groups (broad SMARTS) is 1. The number of benzene rings is 1. The fourth-order valence-corrected chi connectivity index (χ4v) is 2.83. The smallest absolute Gasteiger partial charge is 0.354 e. The molecule has 0 saturated heterocycles. The molecule has 0 amide bonds. The van der Waals surface area contributed by atoms with Crippen molar-refractivity contribution in [2.75, 3.05) is 0 Å². The lowest BCUT2D eigenvalue weighted by atomic mass is 10.0. The number of aryl methyl sites for hydroxylation is 1. The number of rotatable bonds is 4. The Morgan fingerprint density at radius 3 is 2.35 bits per heavy atom. The Bertz CT molecular complexity index is 748. The van der Waals surface area contributed by atoms with Gasteiger partial charge in [0.1, 0.15) is 0 Å². The van der Waals surface area contributed by atoms with Gasteiger partial charge >= 0.3 is 16.2 Å². The second-order valence-electron chi connectivity index (χ2n) is 4.24. The van der Waals surface area contributed by atoms with Gasteiger partial charge in [-0.25, -0.2) is 13.9 Å². The third-order valence-electron chi connectivity index (χ3n) is 2.97. The van der Waals surface area contributed by atoms with Crippen molar-refractivity contribution in [2.24, 2.45) is 5.14 Å². The minimum atomic E-state index is -4.16. The monoisotopic (exact) mass is 294 g/mol. The van der Waals surface area contributed by atoms with E-state index in [1.807, 2.05) is 6.92 Å². The Labute approximate surface area is 116 Å². The maximum atomic E-state index is 11.5. The van der Waals surface area contributed by atoms with Crippen molar-refractivity contribution in [1.82, 2.24) is 3.97 Å². The highest BCUT2D eigenvalue weighted by atomic mass is 32.2. The quantitative estimate of drug-likeness (QED) is 0.891. The lowest BCUT2D eigenvalue weighted by molar-refractivity contribution is 0.0690. The van der Waals surface area contributed by atoms with Crippen LogP contribution in [0.1, 0.15) is 23.0 Å². The molecule has 0 spiro atoms. The molecule has 7 heteroatoms. The third kappa shape index (κ3) is 2.45. The van der Waals surface area contributed by atoms with E-state index in [0.29, 0.717) is 27.1 Å². The number of aromatic nitrogens is 1. The zero-order chi connectivity index (χ0) is 14.9. The van der Waals surface area contributed by atoms with Gasteiger partial charge in [-0.15, -0.1) is 0 Å². The Hall–Kier alpha value is -2.12. The van der Waals surface area contributed by atoms with Gasteiger partial charge in [-0.3, -0.25) is 0 Å². The summed E-state index contributed by atoms with van der Waals surface area (Å²) >= 11 is 0. The molecule has 3 N–H and O–H groups in total. The molecule has 6 nitrogen and oxygen atoms in total. The molecule has 0 radical (unpaired) electrons. The fourth-order valence-electron chi connectivity index (χ4n) is 2.13. The highest BCUT2D eigenvalue weighted by Crippen LogP contribution is 2.30. The molecule has 1 heterocycles. The standard InChI is InChI=1S/C13H14N2O4S/c1-2-9-8-15(20(14,18)19)12(13(16)17)11(9)10-6-4-3-5-7-10/h3-8H,2H2,1H3,(H,16,17)(H2,14,18,19). The fraction of sp³-hybridized carbons (Fsp3) is 0.154. The van der Waals surface area contributed by atoms with Crippen LogP contribution in [-0.2, 0) is 16.6 Å². The van der Waals surface area contributed by atoms with Crippen molar-refractivity contribution in [1.29, 1.82) is 0 Å². The Morgan fingerprint density at radius 1 is 1.30 bits per heavy atom. The topological polar surface area (TPSA) is 102 Å². The number of carbonyl (C=O) groups is 1. The van der Waals surface area contributed by atoms with E-state index in [2.05, 4.69) is 0 Å². The van der Waals surface area contributed by atoms with Crippen LogP contribution in [0.25, 0.3) is 11.1 Å². The molecule has 106 valence electrons. The first-order valence-corrected chi connectivity index (χ1v) is 7.42. The molecule has 2 rings (SSSR count). The molecule has 20 heavy (non-hydrogen) atoms. The summed E-state index contributed by atoms with van der Waals surface area (Å²) in [4.78, 5) is 11.5. The average Bonchev–Trinajstić information content (AvgIpc) is 2.79. The summed E-state index contributed by atoms with van der Waals surface area (Å²) in [6.07, 6.45) is 1.76. The van der Waals surface area contributed by atoms with Gasteiger partial charge in [-0.05, 0) is 17.5 Å². The number of hydrogen-bond acceptors (Lipinski definition) is 3. The van der Waals surface area contributed by atoms with E-state index in [9.17, 15) is 18.3 Å². The summed E-state index contributed by atoms with van der Waals surface area (Å²) in [7, 11) is -4.16. The van der Waals surface area contributed by atoms with Crippen molar-refractivity contribution in [3.63, 3.8) is 0 Å². The number of nitrogens with zero attached hydrogens (tertiary/aromatic N) is 1. The van der Waals surface area contributed by atoms with Crippen molar-refractivity contribution < 1.29 is 18.3 Å². The van der Waals surface area contributed by atoms with E-state index in [1.54, 1.807) is 30.3 Å². The van der Waals surface area contributed by atoms with E-state index in [4.69, 9.17) is 5.14 Å². The number of nitrogens with two attached hydrogens (primary N) is 1. The van der Waals surface area contributed by atoms with Crippen LogP contribution in [0.4, 0.5) is 0 Å². The third-order valence-corrected chi connectivity index (χ3v) is 3.81. The van der Waals surface area contributed by atoms with Crippen LogP contribution in [-0.4, -0.2) is 23.5 Å². The average molecular weight is 294 g/mol. The molecular weight excluding hydrogens is 280 g/mol. The van der Waals surface area contributed by atoms with Crippen LogP contribution in [0.5, 0.6) is 0 Å². The Morgan fingerprint density at radius 2 is 1.90 bits per heavy atom. The van der Waals surface area contributed by atoms with Gasteiger partial charge in [-0.2, -0.15) is 8.42 Å². The van der Waals surface area contributed by atoms with E-state index in [-0.39, 0.29) is 5.69 Å². The van der Waals surface area contributed by atoms with E-state index in [1.165, 1.54) is 6.20 Å². The molecular formula is C13H14N2O4S. The normalized spacial score (nSPS) is 11.5. The first kappa shape index (κ1) is 14.3. The molecule has 0 atom stereocenters. The second kappa shape index (κ2) is 5.10. The van der Waals surface area contributed by atoms with Crippen LogP contribution in [0.2, 0.25) is 0 Å². The predicted octanol–water partition coefficient (Wildman–Crippen LogP) is 1.47. The zero-order valence-corrected chi connectivity index (χ0v) is 11.6. The summed E-state index contributed by atoms with van der Waals surface area (Å²) in [5, 5.41) is 14.4. The minimum absolute atomic E-state index is 0.337. The van der Waals surface area contributed by atoms with Gasteiger partial charge in [0, 0.05) is 11.8 Å². The number of hydrogen-bond donors (Lipinski definition) is 2. The maximum absolute atomic E-state index is 11.5. The molecule has 1 aromatic carbocycles. The number of aromatic carboxylic acids is 1. The minimum Gasteiger partial charge on any atom is -0.477 e. The van der Waals surface area contributed by atoms with Crippen molar-refractivity contribution >= 4 is 16.2 Å². The highest BCUT2D eigenvalue weighted by Gasteiger charge is 2.26. The largest absolute Gasteiger partial charge is 0.477 e. The second-order valence-corrected chi connectivity index (χ2v) is 5.67. The zero-order valence-electron chi connectivity index (χ0n) is 10.8. The van der Waals surface area contributed by atoms with Gasteiger partial charge in [0.15, 0.2) is 5.69 Å². The van der Waals surface area contributed by atoms with Gasteiger partial charge in [-0.1, -0.05) is 37.3 Å². The van der Waals surface area contributed by atoms with Gasteiger partial charge in [0.25, 0.3) is 0 Å². The van der Waals surface area contributed by atoms with E-state index >= 15 is 0 Å². The van der Waals surface area contributed by atoms with Crippen LogP contribution in [0.15, 0.2) is 36.5 Å². The lowest BCUT2D eigenvalue weighted by Crippen LogP contribution is -2.24.